The van der Waals surface area contributed by atoms with Crippen LogP contribution in [0, 0.1) is 5.92 Å². The average Bonchev–Trinajstić information content (AvgIpc) is 2.74. The van der Waals surface area contributed by atoms with Gasteiger partial charge in [0.25, 0.3) is 0 Å². The van der Waals surface area contributed by atoms with Crippen LogP contribution >= 0.6 is 23.2 Å². The summed E-state index contributed by atoms with van der Waals surface area (Å²) in [5.74, 6) is 0.635. The second-order valence-corrected chi connectivity index (χ2v) is 5.91. The van der Waals surface area contributed by atoms with E-state index in [1.165, 1.54) is 0 Å². The van der Waals surface area contributed by atoms with Crippen molar-refractivity contribution in [1.29, 1.82) is 0 Å². The predicted molar refractivity (Wildman–Crippen MR) is 75.5 cm³/mol. The van der Waals surface area contributed by atoms with Crippen molar-refractivity contribution < 1.29 is 17.7 Å². The van der Waals surface area contributed by atoms with Crippen LogP contribution in [0.15, 0.2) is 22.7 Å². The normalized spacial score (nSPS) is 12.2. The summed E-state index contributed by atoms with van der Waals surface area (Å²) in [6.07, 6.45) is -3.81. The Kier molecular flexibility index (Phi) is 4.54. The molecule has 0 unspecified atom stereocenters. The number of hydrogen-bond acceptors (Lipinski definition) is 2. The van der Waals surface area contributed by atoms with Gasteiger partial charge in [-0.3, -0.25) is 0 Å². The summed E-state index contributed by atoms with van der Waals surface area (Å²) in [4.78, 5) is 0. The average molecular weight is 338 g/mol. The molecule has 0 aliphatic heterocycles. The molecule has 0 saturated carbocycles. The highest BCUT2D eigenvalue weighted by Crippen LogP contribution is 2.40. The van der Waals surface area contributed by atoms with E-state index in [0.717, 1.165) is 12.1 Å². The van der Waals surface area contributed by atoms with E-state index in [0.29, 0.717) is 18.0 Å². The summed E-state index contributed by atoms with van der Waals surface area (Å²) in [5.41, 5.74) is 0.0176. The van der Waals surface area contributed by atoms with E-state index in [-0.39, 0.29) is 21.4 Å². The van der Waals surface area contributed by atoms with Crippen molar-refractivity contribution in [1.82, 2.24) is 5.16 Å². The summed E-state index contributed by atoms with van der Waals surface area (Å²) in [6, 6.07) is 3.29. The van der Waals surface area contributed by atoms with Gasteiger partial charge in [0.15, 0.2) is 5.76 Å². The fraction of sp³-hybridized carbons (Fsp3) is 0.357. The molecule has 2 nitrogen and oxygen atoms in total. The van der Waals surface area contributed by atoms with Crippen molar-refractivity contribution >= 4 is 23.2 Å². The molecule has 0 bridgehead atoms. The first-order chi connectivity index (χ1) is 9.68. The largest absolute Gasteiger partial charge is 0.416 e. The summed E-state index contributed by atoms with van der Waals surface area (Å²) >= 11 is 11.8. The molecule has 114 valence electrons. The number of nitrogens with zero attached hydrogens (tertiary/aromatic N) is 1. The van der Waals surface area contributed by atoms with E-state index < -0.39 is 11.7 Å². The zero-order valence-electron chi connectivity index (χ0n) is 11.3. The first-order valence-electron chi connectivity index (χ1n) is 6.20. The van der Waals surface area contributed by atoms with Gasteiger partial charge in [0.1, 0.15) is 0 Å². The Bertz CT molecular complexity index is 627. The Morgan fingerprint density at radius 2 is 1.71 bits per heavy atom. The van der Waals surface area contributed by atoms with Gasteiger partial charge in [-0.15, -0.1) is 0 Å². The van der Waals surface area contributed by atoms with E-state index in [1.807, 2.05) is 13.8 Å². The minimum atomic E-state index is -4.50. The number of hydrogen-bond donors (Lipinski definition) is 0. The molecule has 0 saturated heterocycles. The third kappa shape index (κ3) is 3.71. The maximum absolute atomic E-state index is 12.7. The molecule has 1 heterocycles. The Labute approximate surface area is 129 Å². The molecule has 0 atom stereocenters. The van der Waals surface area contributed by atoms with E-state index in [1.54, 1.807) is 6.07 Å². The minimum Gasteiger partial charge on any atom is -0.356 e. The second-order valence-electron chi connectivity index (χ2n) is 5.09. The van der Waals surface area contributed by atoms with Gasteiger partial charge < -0.3 is 4.52 Å². The molecule has 0 spiro atoms. The van der Waals surface area contributed by atoms with Gasteiger partial charge in [-0.05, 0) is 24.5 Å². The van der Waals surface area contributed by atoms with E-state index in [9.17, 15) is 13.2 Å². The number of alkyl halides is 3. The van der Waals surface area contributed by atoms with Crippen LogP contribution in [0.2, 0.25) is 10.0 Å². The minimum absolute atomic E-state index is 0.123. The lowest BCUT2D eigenvalue weighted by Crippen LogP contribution is -2.05. The fourth-order valence-electron chi connectivity index (χ4n) is 1.92. The molecular weight excluding hydrogens is 326 g/mol. The summed E-state index contributed by atoms with van der Waals surface area (Å²) < 4.78 is 43.2. The summed E-state index contributed by atoms with van der Waals surface area (Å²) in [6.45, 7) is 4.04. The molecule has 2 rings (SSSR count). The molecule has 0 aliphatic rings. The van der Waals surface area contributed by atoms with Gasteiger partial charge in [-0.25, -0.2) is 0 Å². The topological polar surface area (TPSA) is 26.0 Å². The van der Waals surface area contributed by atoms with Gasteiger partial charge in [-0.2, -0.15) is 13.2 Å². The first kappa shape index (κ1) is 16.2. The molecule has 0 N–H and O–H groups in total. The summed E-state index contributed by atoms with van der Waals surface area (Å²) in [5, 5.41) is 3.63. The highest BCUT2D eigenvalue weighted by molar-refractivity contribution is 6.39. The van der Waals surface area contributed by atoms with Gasteiger partial charge >= 0.3 is 6.18 Å². The second kappa shape index (κ2) is 5.89. The van der Waals surface area contributed by atoms with Crippen molar-refractivity contribution in [2.75, 3.05) is 0 Å². The SMILES string of the molecule is CC(C)Cc1cc(-c2c(Cl)cc(C(F)(F)F)cc2Cl)on1. The highest BCUT2D eigenvalue weighted by atomic mass is 35.5. The Balaban J connectivity index is 2.43. The van der Waals surface area contributed by atoms with Crippen molar-refractivity contribution in [2.45, 2.75) is 26.4 Å². The fourth-order valence-corrected chi connectivity index (χ4v) is 2.59. The maximum Gasteiger partial charge on any atom is 0.416 e. The molecule has 1 aromatic carbocycles. The predicted octanol–water partition coefficient (Wildman–Crippen LogP) is 5.87. The molecule has 2 aromatic rings. The molecule has 0 amide bonds. The van der Waals surface area contributed by atoms with Crippen LogP contribution in [-0.2, 0) is 12.6 Å². The Hall–Kier alpha value is -1.20. The van der Waals surface area contributed by atoms with Crippen molar-refractivity contribution in [3.63, 3.8) is 0 Å². The highest BCUT2D eigenvalue weighted by Gasteiger charge is 2.32. The summed E-state index contributed by atoms with van der Waals surface area (Å²) in [7, 11) is 0. The third-order valence-corrected chi connectivity index (χ3v) is 3.39. The lowest BCUT2D eigenvalue weighted by molar-refractivity contribution is -0.137. The number of rotatable bonds is 3. The molecule has 1 aromatic heterocycles. The van der Waals surface area contributed by atoms with Crippen molar-refractivity contribution in [3.8, 4) is 11.3 Å². The van der Waals surface area contributed by atoms with Crippen LogP contribution in [0.3, 0.4) is 0 Å². The Morgan fingerprint density at radius 3 is 2.19 bits per heavy atom. The standard InChI is InChI=1S/C14H12Cl2F3NO/c1-7(2)3-9-6-12(21-20-9)13-10(15)4-8(5-11(13)16)14(17,18)19/h4-7H,3H2,1-2H3. The zero-order valence-corrected chi connectivity index (χ0v) is 12.8. The van der Waals surface area contributed by atoms with Gasteiger partial charge in [0, 0.05) is 6.07 Å². The van der Waals surface area contributed by atoms with Crippen LogP contribution < -0.4 is 0 Å². The first-order valence-corrected chi connectivity index (χ1v) is 6.96. The molecule has 0 aliphatic carbocycles. The van der Waals surface area contributed by atoms with Gasteiger partial charge in [0.2, 0.25) is 0 Å². The molecule has 7 heteroatoms. The number of benzene rings is 1. The van der Waals surface area contributed by atoms with E-state index in [4.69, 9.17) is 27.7 Å². The Morgan fingerprint density at radius 1 is 1.14 bits per heavy atom. The quantitative estimate of drug-likeness (QED) is 0.700. The van der Waals surface area contributed by atoms with Crippen LogP contribution in [0.1, 0.15) is 25.1 Å². The van der Waals surface area contributed by atoms with Gasteiger partial charge in [-0.1, -0.05) is 42.2 Å². The third-order valence-electron chi connectivity index (χ3n) is 2.79. The lowest BCUT2D eigenvalue weighted by atomic mass is 10.1. The molecular formula is C14H12Cl2F3NO. The zero-order chi connectivity index (χ0) is 15.8. The van der Waals surface area contributed by atoms with E-state index in [2.05, 4.69) is 5.16 Å². The number of aromatic nitrogens is 1. The van der Waals surface area contributed by atoms with Gasteiger partial charge in [0.05, 0.1) is 26.9 Å². The van der Waals surface area contributed by atoms with E-state index >= 15 is 0 Å². The molecule has 0 radical (unpaired) electrons. The van der Waals surface area contributed by atoms with Crippen LogP contribution in [0.5, 0.6) is 0 Å². The molecule has 0 fully saturated rings. The maximum atomic E-state index is 12.7. The van der Waals surface area contributed by atoms with Crippen LogP contribution in [-0.4, -0.2) is 5.16 Å². The molecule has 21 heavy (non-hydrogen) atoms. The van der Waals surface area contributed by atoms with Crippen molar-refractivity contribution in [2.24, 2.45) is 5.92 Å². The smallest absolute Gasteiger partial charge is 0.356 e. The monoisotopic (exact) mass is 337 g/mol. The number of halogens is 5. The van der Waals surface area contributed by atoms with Crippen molar-refractivity contribution in [3.05, 3.63) is 39.5 Å². The van der Waals surface area contributed by atoms with Crippen LogP contribution in [0.25, 0.3) is 11.3 Å². The van der Waals surface area contributed by atoms with Crippen LogP contribution in [0.4, 0.5) is 13.2 Å². The lowest BCUT2D eigenvalue weighted by Gasteiger charge is -2.10.